The normalized spacial score (nSPS) is 15.4. The molecule has 0 N–H and O–H groups in total. The molecule has 0 spiro atoms. The fourth-order valence-electron chi connectivity index (χ4n) is 4.07. The van der Waals surface area contributed by atoms with Crippen LogP contribution in [-0.2, 0) is 12.8 Å². The summed E-state index contributed by atoms with van der Waals surface area (Å²) in [6, 6.07) is 9.09. The first-order valence-corrected chi connectivity index (χ1v) is 10.6. The van der Waals surface area contributed by atoms with E-state index in [4.69, 9.17) is 0 Å². The van der Waals surface area contributed by atoms with Crippen LogP contribution < -0.4 is 0 Å². The maximum atomic E-state index is 2.49. The summed E-state index contributed by atoms with van der Waals surface area (Å²) in [5.74, 6) is 0. The quantitative estimate of drug-likeness (QED) is 0.549. The van der Waals surface area contributed by atoms with Crippen LogP contribution in [0.1, 0.15) is 44.5 Å². The second-order valence-electron chi connectivity index (χ2n) is 7.37. The van der Waals surface area contributed by atoms with Gasteiger partial charge in [0, 0.05) is 0 Å². The zero-order valence-corrected chi connectivity index (χ0v) is 16.2. The van der Waals surface area contributed by atoms with E-state index in [-0.39, 0.29) is 7.92 Å². The van der Waals surface area contributed by atoms with E-state index in [1.54, 1.807) is 21.8 Å². The predicted molar refractivity (Wildman–Crippen MR) is 108 cm³/mol. The van der Waals surface area contributed by atoms with E-state index in [9.17, 15) is 0 Å². The third kappa shape index (κ3) is 2.40. The third-order valence-corrected chi connectivity index (χ3v) is 8.12. The van der Waals surface area contributed by atoms with Gasteiger partial charge < -0.3 is 0 Å². The lowest BCUT2D eigenvalue weighted by molar-refractivity contribution is 1.19. The number of benzene rings is 2. The molecule has 4 rings (SSSR count). The summed E-state index contributed by atoms with van der Waals surface area (Å²) < 4.78 is 0. The van der Waals surface area contributed by atoms with Gasteiger partial charge in [-0.1, -0.05) is 44.3 Å². The third-order valence-electron chi connectivity index (χ3n) is 5.82. The lowest BCUT2D eigenvalue weighted by Crippen LogP contribution is -1.93. The van der Waals surface area contributed by atoms with Gasteiger partial charge in [0.15, 0.2) is 0 Å². The number of aryl methyl sites for hydroxylation is 4. The number of rotatable bonds is 2. The Morgan fingerprint density at radius 3 is 1.38 bits per heavy atom. The molecule has 0 saturated carbocycles. The van der Waals surface area contributed by atoms with Crippen molar-refractivity contribution in [2.75, 3.05) is 6.66 Å². The van der Waals surface area contributed by atoms with Crippen LogP contribution >= 0.6 is 7.92 Å². The highest BCUT2D eigenvalue weighted by atomic mass is 31.1. The molecule has 0 unspecified atom stereocenters. The van der Waals surface area contributed by atoms with E-state index in [0.29, 0.717) is 0 Å². The molecule has 0 amide bonds. The minimum Gasteiger partial charge on any atom is -0.0587 e. The lowest BCUT2D eigenvalue weighted by atomic mass is 10.00. The predicted octanol–water partition coefficient (Wildman–Crippen LogP) is 6.53. The van der Waals surface area contributed by atoms with Crippen molar-refractivity contribution < 1.29 is 0 Å². The largest absolute Gasteiger partial charge is 0.0587 e. The molecule has 0 atom stereocenters. The smallest absolute Gasteiger partial charge is 0.000940 e. The Labute approximate surface area is 147 Å². The van der Waals surface area contributed by atoms with Gasteiger partial charge >= 0.3 is 0 Å². The van der Waals surface area contributed by atoms with Gasteiger partial charge in [-0.2, -0.15) is 0 Å². The Morgan fingerprint density at radius 2 is 1.00 bits per heavy atom. The van der Waals surface area contributed by atoms with Crippen molar-refractivity contribution >= 4 is 20.1 Å². The van der Waals surface area contributed by atoms with Crippen LogP contribution in [0.4, 0.5) is 0 Å². The summed E-state index contributed by atoms with van der Waals surface area (Å²) in [5, 5.41) is 3.29. The summed E-state index contributed by atoms with van der Waals surface area (Å²) in [4.78, 5) is 0. The van der Waals surface area contributed by atoms with Gasteiger partial charge in [0.05, 0.1) is 0 Å². The van der Waals surface area contributed by atoms with Crippen LogP contribution in [-0.4, -0.2) is 6.66 Å². The molecular weight excluding hydrogens is 307 g/mol. The van der Waals surface area contributed by atoms with Crippen molar-refractivity contribution in [3.05, 3.63) is 79.4 Å². The van der Waals surface area contributed by atoms with E-state index in [1.165, 1.54) is 33.4 Å². The second-order valence-corrected chi connectivity index (χ2v) is 9.63. The Morgan fingerprint density at radius 1 is 0.625 bits per heavy atom. The fourth-order valence-corrected chi connectivity index (χ4v) is 5.87. The Balaban J connectivity index is 1.67. The number of hydrogen-bond acceptors (Lipinski definition) is 0. The Hall–Kier alpha value is -1.65. The molecule has 24 heavy (non-hydrogen) atoms. The Bertz CT molecular complexity index is 837. The van der Waals surface area contributed by atoms with Crippen molar-refractivity contribution in [2.24, 2.45) is 0 Å². The average molecular weight is 332 g/mol. The minimum atomic E-state index is -0.203. The SMILES string of the molecule is Cc1ccc(C)c2c1C=C(P(C)C1=Cc3c(C)ccc(C)c3C1)C2. The molecule has 122 valence electrons. The van der Waals surface area contributed by atoms with Gasteiger partial charge in [0.1, 0.15) is 0 Å². The second kappa shape index (κ2) is 5.71. The molecule has 2 aromatic carbocycles. The molecule has 2 aliphatic rings. The number of hydrogen-bond donors (Lipinski definition) is 0. The van der Waals surface area contributed by atoms with Crippen LogP contribution in [0.3, 0.4) is 0 Å². The molecule has 1 heteroatoms. The molecule has 0 heterocycles. The molecule has 2 aromatic rings. The molecule has 2 aliphatic carbocycles. The first-order chi connectivity index (χ1) is 11.5. The van der Waals surface area contributed by atoms with E-state index in [2.05, 4.69) is 70.8 Å². The standard InChI is InChI=1S/C23H25P/c1-14-6-7-15(2)21-11-18(10-20(14)21)24(5)19-12-22-16(3)8-9-17(4)23(22)13-19/h6-10,12H,11,13H2,1-5H3. The van der Waals surface area contributed by atoms with Crippen LogP contribution in [0.25, 0.3) is 12.2 Å². The molecule has 0 bridgehead atoms. The van der Waals surface area contributed by atoms with Crippen molar-refractivity contribution in [1.82, 2.24) is 0 Å². The van der Waals surface area contributed by atoms with Gasteiger partial charge in [0.25, 0.3) is 0 Å². The molecule has 0 aromatic heterocycles. The van der Waals surface area contributed by atoms with E-state index in [1.807, 2.05) is 0 Å². The maximum Gasteiger partial charge on any atom is -0.000940 e. The molecule has 0 nitrogen and oxygen atoms in total. The van der Waals surface area contributed by atoms with Crippen molar-refractivity contribution in [1.29, 1.82) is 0 Å². The van der Waals surface area contributed by atoms with E-state index >= 15 is 0 Å². The summed E-state index contributed by atoms with van der Waals surface area (Å²) >= 11 is 0. The summed E-state index contributed by atoms with van der Waals surface area (Å²) in [6.45, 7) is 11.5. The molecule has 0 fully saturated rings. The van der Waals surface area contributed by atoms with Gasteiger partial charge in [0.2, 0.25) is 0 Å². The van der Waals surface area contributed by atoms with Gasteiger partial charge in [-0.15, -0.1) is 0 Å². The van der Waals surface area contributed by atoms with Crippen LogP contribution in [0.15, 0.2) is 34.9 Å². The molecule has 0 aliphatic heterocycles. The molecule has 0 radical (unpaired) electrons. The topological polar surface area (TPSA) is 0 Å². The Kier molecular flexibility index (Phi) is 3.77. The zero-order valence-electron chi connectivity index (χ0n) is 15.3. The van der Waals surface area contributed by atoms with Crippen LogP contribution in [0.5, 0.6) is 0 Å². The van der Waals surface area contributed by atoms with Gasteiger partial charge in [-0.25, -0.2) is 0 Å². The first-order valence-electron chi connectivity index (χ1n) is 8.78. The minimum absolute atomic E-state index is 0.203. The summed E-state index contributed by atoms with van der Waals surface area (Å²) in [5.41, 5.74) is 11.8. The highest BCUT2D eigenvalue weighted by Gasteiger charge is 2.26. The maximum absolute atomic E-state index is 2.49. The molecular formula is C23H25P. The van der Waals surface area contributed by atoms with Gasteiger partial charge in [-0.05, 0) is 102 Å². The van der Waals surface area contributed by atoms with Gasteiger partial charge in [-0.3, -0.25) is 0 Å². The van der Waals surface area contributed by atoms with Crippen molar-refractivity contribution in [3.63, 3.8) is 0 Å². The zero-order chi connectivity index (χ0) is 17.0. The highest BCUT2D eigenvalue weighted by molar-refractivity contribution is 7.66. The van der Waals surface area contributed by atoms with E-state index < -0.39 is 0 Å². The average Bonchev–Trinajstić information content (AvgIpc) is 3.20. The number of fused-ring (bicyclic) bond motifs is 2. The first kappa shape index (κ1) is 15.9. The van der Waals surface area contributed by atoms with E-state index in [0.717, 1.165) is 12.8 Å². The van der Waals surface area contributed by atoms with Crippen LogP contribution in [0.2, 0.25) is 0 Å². The lowest BCUT2D eigenvalue weighted by Gasteiger charge is -2.16. The molecule has 0 saturated heterocycles. The number of allylic oxidation sites excluding steroid dienone is 2. The van der Waals surface area contributed by atoms with Crippen molar-refractivity contribution in [2.45, 2.75) is 40.5 Å². The fraction of sp³-hybridized carbons (Fsp3) is 0.304. The van der Waals surface area contributed by atoms with Crippen molar-refractivity contribution in [3.8, 4) is 0 Å². The highest BCUT2D eigenvalue weighted by Crippen LogP contribution is 2.57. The van der Waals surface area contributed by atoms with Crippen LogP contribution in [0, 0.1) is 27.7 Å². The monoisotopic (exact) mass is 332 g/mol. The summed E-state index contributed by atoms with van der Waals surface area (Å²) in [6.07, 6.45) is 7.28. The summed E-state index contributed by atoms with van der Waals surface area (Å²) in [7, 11) is -0.203.